The summed E-state index contributed by atoms with van der Waals surface area (Å²) in [6, 6.07) is 16.1. The van der Waals surface area contributed by atoms with Gasteiger partial charge in [-0.15, -0.1) is 0 Å². The summed E-state index contributed by atoms with van der Waals surface area (Å²) in [6.07, 6.45) is 3.71. The van der Waals surface area contributed by atoms with Gasteiger partial charge in [0.1, 0.15) is 0 Å². The number of nitrogens with zero attached hydrogens (tertiary/aromatic N) is 3. The van der Waals surface area contributed by atoms with Gasteiger partial charge in [0.25, 0.3) is 0 Å². The third-order valence-electron chi connectivity index (χ3n) is 6.74. The molecule has 2 heterocycles. The standard InChI is InChI=1S/C30H32ClN3O3/c1-18-26(28(29(35)36-5)37-30(2,3)4)27(20-12-14-23(31)15-13-20)34-25(32-18)17-24(33-34)22-11-10-19-8-6-7-9-21(19)16-22/h10-17,28H,6-9H2,1-5H3. The number of carbonyl (C=O) groups excluding carboxylic acids is 1. The fourth-order valence-electron chi connectivity index (χ4n) is 5.05. The molecule has 0 saturated heterocycles. The molecule has 0 bridgehead atoms. The molecule has 0 amide bonds. The lowest BCUT2D eigenvalue weighted by atomic mass is 9.90. The Kier molecular flexibility index (Phi) is 6.82. The number of rotatable bonds is 5. The molecule has 4 aromatic rings. The predicted octanol–water partition coefficient (Wildman–Crippen LogP) is 6.93. The van der Waals surface area contributed by atoms with Crippen molar-refractivity contribution < 1.29 is 14.3 Å². The van der Waals surface area contributed by atoms with Crippen molar-refractivity contribution in [3.63, 3.8) is 0 Å². The number of methoxy groups -OCH3 is 1. The van der Waals surface area contributed by atoms with Crippen LogP contribution in [0.3, 0.4) is 0 Å². The number of hydrogen-bond acceptors (Lipinski definition) is 5. The Labute approximate surface area is 222 Å². The van der Waals surface area contributed by atoms with Gasteiger partial charge in [-0.25, -0.2) is 14.3 Å². The van der Waals surface area contributed by atoms with Crippen LogP contribution in [-0.2, 0) is 27.1 Å². The summed E-state index contributed by atoms with van der Waals surface area (Å²) in [5.74, 6) is -0.489. The second kappa shape index (κ2) is 9.92. The molecule has 0 fully saturated rings. The average Bonchev–Trinajstić information content (AvgIpc) is 3.29. The summed E-state index contributed by atoms with van der Waals surface area (Å²) in [5.41, 5.74) is 7.68. The van der Waals surface area contributed by atoms with Crippen LogP contribution in [0.4, 0.5) is 0 Å². The number of aromatic nitrogens is 3. The zero-order valence-corrected chi connectivity index (χ0v) is 22.7. The summed E-state index contributed by atoms with van der Waals surface area (Å²) >= 11 is 6.22. The highest BCUT2D eigenvalue weighted by Crippen LogP contribution is 2.37. The molecule has 2 aromatic carbocycles. The Morgan fingerprint density at radius 2 is 1.68 bits per heavy atom. The van der Waals surface area contributed by atoms with Crippen molar-refractivity contribution in [1.29, 1.82) is 0 Å². The minimum Gasteiger partial charge on any atom is -0.467 e. The van der Waals surface area contributed by atoms with Crippen molar-refractivity contribution in [2.45, 2.75) is 65.1 Å². The zero-order valence-electron chi connectivity index (χ0n) is 22.0. The maximum absolute atomic E-state index is 13.1. The van der Waals surface area contributed by atoms with E-state index in [4.69, 9.17) is 31.2 Å². The molecule has 5 rings (SSSR count). The van der Waals surface area contributed by atoms with Gasteiger partial charge in [0, 0.05) is 33.5 Å². The fraction of sp³-hybridized carbons (Fsp3) is 0.367. The van der Waals surface area contributed by atoms with E-state index in [-0.39, 0.29) is 0 Å². The summed E-state index contributed by atoms with van der Waals surface area (Å²) in [6.45, 7) is 7.62. The van der Waals surface area contributed by atoms with Crippen LogP contribution in [0.2, 0.25) is 5.02 Å². The molecule has 0 N–H and O–H groups in total. The van der Waals surface area contributed by atoms with Crippen molar-refractivity contribution in [2.24, 2.45) is 0 Å². The fourth-order valence-corrected chi connectivity index (χ4v) is 5.18. The quantitative estimate of drug-likeness (QED) is 0.268. The lowest BCUT2D eigenvalue weighted by Gasteiger charge is -2.28. The number of aryl methyl sites for hydroxylation is 3. The van der Waals surface area contributed by atoms with Crippen molar-refractivity contribution in [1.82, 2.24) is 14.6 Å². The van der Waals surface area contributed by atoms with Crippen molar-refractivity contribution in [3.8, 4) is 22.5 Å². The maximum Gasteiger partial charge on any atom is 0.339 e. The first-order valence-corrected chi connectivity index (χ1v) is 13.1. The van der Waals surface area contributed by atoms with Gasteiger partial charge < -0.3 is 9.47 Å². The molecular formula is C30H32ClN3O3. The number of ether oxygens (including phenoxy) is 2. The number of hydrogen-bond donors (Lipinski definition) is 0. The molecule has 0 spiro atoms. The molecule has 0 saturated carbocycles. The first kappa shape index (κ1) is 25.4. The first-order chi connectivity index (χ1) is 17.6. The van der Waals surface area contributed by atoms with Gasteiger partial charge in [-0.05, 0) is 82.7 Å². The SMILES string of the molecule is COC(=O)C(OC(C)(C)C)c1c(C)nc2cc(-c3ccc4c(c3)CCCC4)nn2c1-c1ccc(Cl)cc1. The van der Waals surface area contributed by atoms with E-state index in [1.54, 1.807) is 0 Å². The Morgan fingerprint density at radius 1 is 1.00 bits per heavy atom. The van der Waals surface area contributed by atoms with E-state index in [1.807, 2.05) is 62.5 Å². The van der Waals surface area contributed by atoms with Gasteiger partial charge in [0.15, 0.2) is 11.8 Å². The number of carbonyl (C=O) groups is 1. The molecule has 37 heavy (non-hydrogen) atoms. The van der Waals surface area contributed by atoms with E-state index in [0.29, 0.717) is 21.9 Å². The Morgan fingerprint density at radius 3 is 2.35 bits per heavy atom. The molecule has 7 heteroatoms. The molecular weight excluding hydrogens is 486 g/mol. The van der Waals surface area contributed by atoms with Crippen molar-refractivity contribution in [3.05, 3.63) is 75.9 Å². The highest BCUT2D eigenvalue weighted by atomic mass is 35.5. The number of esters is 1. The van der Waals surface area contributed by atoms with Gasteiger partial charge in [0.05, 0.1) is 24.1 Å². The van der Waals surface area contributed by atoms with Crippen molar-refractivity contribution in [2.75, 3.05) is 7.11 Å². The Bertz CT molecular complexity index is 1470. The maximum atomic E-state index is 13.1. The normalized spacial score (nSPS) is 14.4. The lowest BCUT2D eigenvalue weighted by Crippen LogP contribution is -2.29. The number of fused-ring (bicyclic) bond motifs is 2. The first-order valence-electron chi connectivity index (χ1n) is 12.7. The highest BCUT2D eigenvalue weighted by molar-refractivity contribution is 6.30. The molecule has 1 aliphatic rings. The van der Waals surface area contributed by atoms with E-state index in [1.165, 1.54) is 31.1 Å². The number of benzene rings is 2. The van der Waals surface area contributed by atoms with Gasteiger partial charge in [-0.1, -0.05) is 35.9 Å². The van der Waals surface area contributed by atoms with Crippen molar-refractivity contribution >= 4 is 23.2 Å². The van der Waals surface area contributed by atoms with Crippen LogP contribution in [0.1, 0.15) is 62.1 Å². The number of halogens is 1. The summed E-state index contributed by atoms with van der Waals surface area (Å²) in [7, 11) is 1.37. The van der Waals surface area contributed by atoms with Crippen LogP contribution in [0.5, 0.6) is 0 Å². The Balaban J connectivity index is 1.75. The van der Waals surface area contributed by atoms with E-state index in [2.05, 4.69) is 18.2 Å². The second-order valence-electron chi connectivity index (χ2n) is 10.6. The molecule has 2 aromatic heterocycles. The summed E-state index contributed by atoms with van der Waals surface area (Å²) in [5, 5.41) is 5.63. The minimum absolute atomic E-state index is 0.489. The molecule has 0 radical (unpaired) electrons. The average molecular weight is 518 g/mol. The van der Waals surface area contributed by atoms with Gasteiger partial charge in [-0.3, -0.25) is 0 Å². The largest absolute Gasteiger partial charge is 0.467 e. The van der Waals surface area contributed by atoms with Gasteiger partial charge in [0.2, 0.25) is 0 Å². The molecule has 1 unspecified atom stereocenters. The van der Waals surface area contributed by atoms with E-state index < -0.39 is 17.7 Å². The zero-order chi connectivity index (χ0) is 26.3. The van der Waals surface area contributed by atoms with E-state index in [0.717, 1.165) is 35.4 Å². The third-order valence-corrected chi connectivity index (χ3v) is 6.99. The van der Waals surface area contributed by atoms with Crippen LogP contribution in [-0.4, -0.2) is 33.3 Å². The van der Waals surface area contributed by atoms with Crippen LogP contribution >= 0.6 is 11.6 Å². The molecule has 1 atom stereocenters. The van der Waals surface area contributed by atoms with Gasteiger partial charge >= 0.3 is 5.97 Å². The summed E-state index contributed by atoms with van der Waals surface area (Å²) < 4.78 is 13.2. The third kappa shape index (κ3) is 5.13. The molecule has 192 valence electrons. The highest BCUT2D eigenvalue weighted by Gasteiger charge is 2.34. The molecule has 1 aliphatic carbocycles. The van der Waals surface area contributed by atoms with Crippen LogP contribution in [0.15, 0.2) is 48.5 Å². The Hall–Kier alpha value is -3.22. The van der Waals surface area contributed by atoms with Crippen LogP contribution in [0, 0.1) is 6.92 Å². The lowest BCUT2D eigenvalue weighted by molar-refractivity contribution is -0.164. The van der Waals surface area contributed by atoms with Crippen LogP contribution in [0.25, 0.3) is 28.2 Å². The van der Waals surface area contributed by atoms with E-state index >= 15 is 0 Å². The topological polar surface area (TPSA) is 65.7 Å². The molecule has 0 aliphatic heterocycles. The van der Waals surface area contributed by atoms with E-state index in [9.17, 15) is 4.79 Å². The second-order valence-corrected chi connectivity index (χ2v) is 11.0. The van der Waals surface area contributed by atoms with Gasteiger partial charge in [-0.2, -0.15) is 5.10 Å². The monoisotopic (exact) mass is 517 g/mol. The summed E-state index contributed by atoms with van der Waals surface area (Å²) in [4.78, 5) is 17.9. The smallest absolute Gasteiger partial charge is 0.339 e. The minimum atomic E-state index is -0.982. The van der Waals surface area contributed by atoms with Crippen LogP contribution < -0.4 is 0 Å². The molecule has 6 nitrogen and oxygen atoms in total. The predicted molar refractivity (Wildman–Crippen MR) is 146 cm³/mol.